The summed E-state index contributed by atoms with van der Waals surface area (Å²) in [6.07, 6.45) is -2.51. The summed E-state index contributed by atoms with van der Waals surface area (Å²) in [5, 5.41) is 43.3. The largest absolute Gasteiger partial charge is 0.394 e. The fourth-order valence-corrected chi connectivity index (χ4v) is 3.63. The van der Waals surface area contributed by atoms with Gasteiger partial charge in [0.2, 0.25) is 28.7 Å². The van der Waals surface area contributed by atoms with Crippen molar-refractivity contribution >= 4 is 23.1 Å². The van der Waals surface area contributed by atoms with Gasteiger partial charge in [-0.1, -0.05) is 91.0 Å². The quantitative estimate of drug-likeness (QED) is 0.198. The second-order valence-electron chi connectivity index (χ2n) is 7.59. The van der Waals surface area contributed by atoms with Gasteiger partial charge in [-0.15, -0.1) is 0 Å². The van der Waals surface area contributed by atoms with Crippen LogP contribution in [-0.4, -0.2) is 67.5 Å². The Morgan fingerprint density at radius 3 is 1.44 bits per heavy atom. The molecule has 0 aliphatic carbocycles. The number of carbonyl (C=O) groups excluding carboxylic acids is 4. The predicted octanol–water partition coefficient (Wildman–Crippen LogP) is 1.02. The highest BCUT2D eigenvalue weighted by Crippen LogP contribution is 2.35. The molecular formula is C26H22O8. The Labute approximate surface area is 194 Å². The van der Waals surface area contributed by atoms with Crippen molar-refractivity contribution in [3.63, 3.8) is 0 Å². The number of carbonyl (C=O) groups is 4. The van der Waals surface area contributed by atoms with Crippen molar-refractivity contribution in [2.24, 2.45) is 0 Å². The molecule has 0 aliphatic heterocycles. The van der Waals surface area contributed by atoms with Gasteiger partial charge >= 0.3 is 0 Å². The number of aliphatic hydroxyl groups is 4. The Balaban J connectivity index is 2.29. The predicted molar refractivity (Wildman–Crippen MR) is 120 cm³/mol. The van der Waals surface area contributed by atoms with Gasteiger partial charge in [-0.2, -0.15) is 0 Å². The van der Waals surface area contributed by atoms with Crippen LogP contribution in [0.25, 0.3) is 0 Å². The molecule has 0 unspecified atom stereocenters. The molecule has 3 rings (SSSR count). The molecule has 4 N–H and O–H groups in total. The smallest absolute Gasteiger partial charge is 0.246 e. The number of Topliss-reactive ketones (excluding diaryl/α,β-unsaturated/α-hetero) is 4. The molecule has 0 heterocycles. The second kappa shape index (κ2) is 9.98. The maximum Gasteiger partial charge on any atom is 0.246 e. The number of aliphatic hydroxyl groups excluding tert-OH is 2. The minimum absolute atomic E-state index is 0.222. The van der Waals surface area contributed by atoms with Crippen molar-refractivity contribution in [2.45, 2.75) is 17.3 Å². The van der Waals surface area contributed by atoms with E-state index in [1.54, 1.807) is 12.1 Å². The van der Waals surface area contributed by atoms with Gasteiger partial charge in [0.05, 0.1) is 6.61 Å². The van der Waals surface area contributed by atoms with Gasteiger partial charge in [0, 0.05) is 16.7 Å². The Hall–Kier alpha value is -3.82. The van der Waals surface area contributed by atoms with E-state index in [0.29, 0.717) is 0 Å². The first-order valence-electron chi connectivity index (χ1n) is 10.3. The Morgan fingerprint density at radius 1 is 0.647 bits per heavy atom. The average molecular weight is 462 g/mol. The molecule has 8 heteroatoms. The maximum absolute atomic E-state index is 13.5. The van der Waals surface area contributed by atoms with Crippen LogP contribution in [0, 0.1) is 0 Å². The summed E-state index contributed by atoms with van der Waals surface area (Å²) in [6, 6.07) is 20.5. The van der Waals surface area contributed by atoms with E-state index in [0.717, 1.165) is 0 Å². The molecular weight excluding hydrogens is 440 g/mol. The van der Waals surface area contributed by atoms with Crippen molar-refractivity contribution < 1.29 is 39.6 Å². The zero-order valence-corrected chi connectivity index (χ0v) is 17.9. The van der Waals surface area contributed by atoms with Crippen LogP contribution in [0.1, 0.15) is 31.1 Å². The average Bonchev–Trinajstić information content (AvgIpc) is 2.91. The summed E-state index contributed by atoms with van der Waals surface area (Å²) < 4.78 is 0. The Bertz CT molecular complexity index is 1190. The summed E-state index contributed by atoms with van der Waals surface area (Å²) in [7, 11) is 0. The molecule has 0 radical (unpaired) electrons. The lowest BCUT2D eigenvalue weighted by Gasteiger charge is -2.41. The number of hydrogen-bond donors (Lipinski definition) is 4. The van der Waals surface area contributed by atoms with Gasteiger partial charge in [-0.25, -0.2) is 0 Å². The molecule has 0 spiro atoms. The molecule has 8 nitrogen and oxygen atoms in total. The minimum atomic E-state index is -3.78. The summed E-state index contributed by atoms with van der Waals surface area (Å²) in [6.45, 7) is -1.31. The molecule has 0 saturated heterocycles. The first-order chi connectivity index (χ1) is 16.2. The van der Waals surface area contributed by atoms with Crippen molar-refractivity contribution in [2.75, 3.05) is 6.61 Å². The third-order valence-electron chi connectivity index (χ3n) is 5.52. The number of hydrogen-bond acceptors (Lipinski definition) is 8. The molecule has 0 bridgehead atoms. The van der Waals surface area contributed by atoms with Crippen LogP contribution in [0.3, 0.4) is 0 Å². The van der Waals surface area contributed by atoms with E-state index in [4.69, 9.17) is 0 Å². The molecule has 34 heavy (non-hydrogen) atoms. The van der Waals surface area contributed by atoms with Gasteiger partial charge < -0.3 is 20.4 Å². The van der Waals surface area contributed by atoms with E-state index >= 15 is 0 Å². The van der Waals surface area contributed by atoms with Gasteiger partial charge in [0.25, 0.3) is 0 Å². The van der Waals surface area contributed by atoms with E-state index in [9.17, 15) is 39.6 Å². The molecule has 0 fully saturated rings. The first-order valence-corrected chi connectivity index (χ1v) is 10.3. The lowest BCUT2D eigenvalue weighted by Crippen LogP contribution is -2.74. The topological polar surface area (TPSA) is 149 Å². The van der Waals surface area contributed by atoms with E-state index in [2.05, 4.69) is 0 Å². The fourth-order valence-electron chi connectivity index (χ4n) is 3.63. The Kier molecular flexibility index (Phi) is 7.29. The molecule has 3 atom stereocenters. The first kappa shape index (κ1) is 24.8. The fraction of sp³-hybridized carbons (Fsp3) is 0.154. The van der Waals surface area contributed by atoms with E-state index in [1.165, 1.54) is 78.9 Å². The lowest BCUT2D eigenvalue weighted by atomic mass is 9.67. The standard InChI is InChI=1S/C26H22O8/c27-16-20(28)25(33,22(30)18-12-6-2-7-13-18)26(34,23(31)19-14-8-3-9-15-19)24(32)21(29)17-10-4-1-5-11-17/h1-15,20,27-28,33-34H,16H2/t20-,25+,26-/m0/s1. The van der Waals surface area contributed by atoms with Crippen LogP contribution in [-0.2, 0) is 4.79 Å². The maximum atomic E-state index is 13.5. The second-order valence-corrected chi connectivity index (χ2v) is 7.59. The molecule has 3 aromatic carbocycles. The third-order valence-corrected chi connectivity index (χ3v) is 5.52. The normalized spacial score (nSPS) is 15.4. The summed E-state index contributed by atoms with van der Waals surface area (Å²) in [5.41, 5.74) is -8.21. The molecule has 0 aliphatic rings. The molecule has 174 valence electrons. The van der Waals surface area contributed by atoms with E-state index in [1.807, 2.05) is 0 Å². The zero-order chi connectivity index (χ0) is 24.9. The van der Waals surface area contributed by atoms with Gasteiger partial charge in [-0.05, 0) is 0 Å². The van der Waals surface area contributed by atoms with Crippen LogP contribution < -0.4 is 0 Å². The molecule has 0 amide bonds. The lowest BCUT2D eigenvalue weighted by molar-refractivity contribution is -0.171. The van der Waals surface area contributed by atoms with Gasteiger partial charge in [-0.3, -0.25) is 19.2 Å². The SMILES string of the molecule is O=C(C(=O)[C@@](O)(C(=O)c1ccccc1)[C@](O)(C(=O)c1ccccc1)[C@@H](O)CO)c1ccccc1. The molecule has 0 saturated carbocycles. The van der Waals surface area contributed by atoms with Crippen LogP contribution in [0.4, 0.5) is 0 Å². The number of benzene rings is 3. The highest BCUT2D eigenvalue weighted by molar-refractivity contribution is 6.52. The van der Waals surface area contributed by atoms with Crippen molar-refractivity contribution in [3.8, 4) is 0 Å². The summed E-state index contributed by atoms with van der Waals surface area (Å²) >= 11 is 0. The summed E-state index contributed by atoms with van der Waals surface area (Å²) in [4.78, 5) is 53.4. The number of ketones is 4. The van der Waals surface area contributed by atoms with Crippen molar-refractivity contribution in [3.05, 3.63) is 108 Å². The van der Waals surface area contributed by atoms with Gasteiger partial charge in [0.1, 0.15) is 6.10 Å². The highest BCUT2D eigenvalue weighted by Gasteiger charge is 2.68. The minimum Gasteiger partial charge on any atom is -0.394 e. The van der Waals surface area contributed by atoms with E-state index < -0.39 is 47.0 Å². The van der Waals surface area contributed by atoms with Crippen LogP contribution >= 0.6 is 0 Å². The molecule has 0 aromatic heterocycles. The zero-order valence-electron chi connectivity index (χ0n) is 17.9. The Morgan fingerprint density at radius 2 is 1.03 bits per heavy atom. The van der Waals surface area contributed by atoms with Crippen molar-refractivity contribution in [1.29, 1.82) is 0 Å². The van der Waals surface area contributed by atoms with Crippen LogP contribution in [0.2, 0.25) is 0 Å². The number of rotatable bonds is 10. The van der Waals surface area contributed by atoms with Crippen LogP contribution in [0.5, 0.6) is 0 Å². The monoisotopic (exact) mass is 462 g/mol. The van der Waals surface area contributed by atoms with Crippen LogP contribution in [0.15, 0.2) is 91.0 Å². The van der Waals surface area contributed by atoms with Crippen molar-refractivity contribution in [1.82, 2.24) is 0 Å². The molecule has 3 aromatic rings. The summed E-state index contributed by atoms with van der Waals surface area (Å²) in [5.74, 6) is -6.15. The van der Waals surface area contributed by atoms with Gasteiger partial charge in [0.15, 0.2) is 5.60 Å². The highest BCUT2D eigenvalue weighted by atomic mass is 16.4. The van der Waals surface area contributed by atoms with E-state index in [-0.39, 0.29) is 16.7 Å². The third kappa shape index (κ3) is 4.11.